The normalized spacial score (nSPS) is 30.7. The highest BCUT2D eigenvalue weighted by molar-refractivity contribution is 6.08. The Bertz CT molecular complexity index is 992. The van der Waals surface area contributed by atoms with Crippen LogP contribution >= 0.6 is 0 Å². The van der Waals surface area contributed by atoms with Gasteiger partial charge < -0.3 is 0 Å². The Kier molecular flexibility index (Phi) is 4.28. The summed E-state index contributed by atoms with van der Waals surface area (Å²) in [5.41, 5.74) is 2.18. The third kappa shape index (κ3) is 2.64. The minimum atomic E-state index is -0.525. The number of rotatable bonds is 3. The van der Waals surface area contributed by atoms with Crippen molar-refractivity contribution in [2.24, 2.45) is 17.3 Å². The summed E-state index contributed by atoms with van der Waals surface area (Å²) in [6.07, 6.45) is 4.91. The first-order valence-electron chi connectivity index (χ1n) is 10.5. The molecule has 3 aliphatic rings. The number of hydrogen-bond donors (Lipinski definition) is 0. The number of benzene rings is 2. The number of hydrogen-bond acceptors (Lipinski definition) is 3. The molecule has 2 saturated carbocycles. The molecule has 1 heterocycles. The van der Waals surface area contributed by atoms with Gasteiger partial charge in [-0.05, 0) is 54.4 Å². The van der Waals surface area contributed by atoms with Gasteiger partial charge in [-0.1, -0.05) is 55.3 Å². The molecule has 4 nitrogen and oxygen atoms in total. The van der Waals surface area contributed by atoms with Gasteiger partial charge in [0.15, 0.2) is 0 Å². The number of carbonyl (C=O) groups excluding carboxylic acids is 2. The first kappa shape index (κ1) is 18.1. The summed E-state index contributed by atoms with van der Waals surface area (Å²) in [5, 5.41) is 9.11. The Balaban J connectivity index is 1.54. The van der Waals surface area contributed by atoms with Gasteiger partial charge in [-0.2, -0.15) is 5.26 Å². The zero-order valence-corrected chi connectivity index (χ0v) is 16.4. The van der Waals surface area contributed by atoms with Gasteiger partial charge >= 0.3 is 0 Å². The van der Waals surface area contributed by atoms with Crippen LogP contribution in [0.5, 0.6) is 0 Å². The van der Waals surface area contributed by atoms with Crippen LogP contribution in [0, 0.1) is 28.6 Å². The highest BCUT2D eigenvalue weighted by Gasteiger charge is 2.68. The van der Waals surface area contributed by atoms with E-state index in [1.54, 1.807) is 0 Å². The molecule has 29 heavy (non-hydrogen) atoms. The van der Waals surface area contributed by atoms with Crippen molar-refractivity contribution in [1.82, 2.24) is 4.90 Å². The van der Waals surface area contributed by atoms with Gasteiger partial charge in [-0.15, -0.1) is 0 Å². The van der Waals surface area contributed by atoms with Crippen LogP contribution in [-0.2, 0) is 16.1 Å². The third-order valence-electron chi connectivity index (χ3n) is 7.44. The van der Waals surface area contributed by atoms with Crippen LogP contribution in [0.3, 0.4) is 0 Å². The molecule has 4 unspecified atom stereocenters. The van der Waals surface area contributed by atoms with E-state index < -0.39 is 5.41 Å². The Morgan fingerprint density at radius 1 is 1.03 bits per heavy atom. The number of amides is 2. The number of nitrogens with zero attached hydrogens (tertiary/aromatic N) is 2. The van der Waals surface area contributed by atoms with Gasteiger partial charge in [0.05, 0.1) is 29.5 Å². The molecule has 2 aromatic rings. The Morgan fingerprint density at radius 3 is 2.52 bits per heavy atom. The molecule has 1 spiro atoms. The van der Waals surface area contributed by atoms with Gasteiger partial charge in [-0.25, -0.2) is 0 Å². The van der Waals surface area contributed by atoms with Crippen molar-refractivity contribution in [2.75, 3.05) is 0 Å². The van der Waals surface area contributed by atoms with E-state index in [0.717, 1.165) is 43.2 Å². The second-order valence-corrected chi connectivity index (χ2v) is 8.75. The lowest BCUT2D eigenvalue weighted by atomic mass is 9.64. The van der Waals surface area contributed by atoms with E-state index >= 15 is 0 Å². The zero-order valence-electron chi connectivity index (χ0n) is 16.4. The molecule has 0 radical (unpaired) electrons. The molecule has 0 aromatic heterocycles. The van der Waals surface area contributed by atoms with E-state index in [2.05, 4.69) is 6.07 Å². The molecule has 4 heteroatoms. The first-order valence-corrected chi connectivity index (χ1v) is 10.5. The molecular formula is C25H24N2O2. The standard InChI is InChI=1S/C25H24N2O2/c26-15-17-9-11-19(12-10-17)21-14-20-8-4-5-13-25(20)22(21)23(28)27(24(25)29)16-18-6-2-1-3-7-18/h1-3,6-7,9-12,20-22H,4-5,8,13-14,16H2. The van der Waals surface area contributed by atoms with Gasteiger partial charge in [0.2, 0.25) is 11.8 Å². The number of likely N-dealkylation sites (tertiary alicyclic amines) is 1. The molecule has 4 atom stereocenters. The predicted octanol–water partition coefficient (Wildman–Crippen LogP) is 4.41. The minimum Gasteiger partial charge on any atom is -0.277 e. The van der Waals surface area contributed by atoms with Crippen LogP contribution in [0.1, 0.15) is 54.7 Å². The molecule has 1 aliphatic heterocycles. The third-order valence-corrected chi connectivity index (χ3v) is 7.44. The lowest BCUT2D eigenvalue weighted by Crippen LogP contribution is -2.41. The second-order valence-electron chi connectivity index (χ2n) is 8.75. The van der Waals surface area contributed by atoms with Crippen molar-refractivity contribution in [3.63, 3.8) is 0 Å². The van der Waals surface area contributed by atoms with E-state index in [0.29, 0.717) is 12.1 Å². The Morgan fingerprint density at radius 2 is 1.79 bits per heavy atom. The van der Waals surface area contributed by atoms with Crippen molar-refractivity contribution in [3.05, 3.63) is 71.3 Å². The van der Waals surface area contributed by atoms with Gasteiger partial charge in [-0.3, -0.25) is 14.5 Å². The molecule has 0 bridgehead atoms. The smallest absolute Gasteiger partial charge is 0.236 e. The molecule has 0 N–H and O–H groups in total. The summed E-state index contributed by atoms with van der Waals surface area (Å²) in [7, 11) is 0. The summed E-state index contributed by atoms with van der Waals surface area (Å²) in [5.74, 6) is 0.119. The van der Waals surface area contributed by atoms with Gasteiger partial charge in [0.1, 0.15) is 0 Å². The van der Waals surface area contributed by atoms with Crippen molar-refractivity contribution in [2.45, 2.75) is 44.6 Å². The SMILES string of the molecule is N#Cc1ccc(C2CC3CCCCC34C(=O)N(Cc3ccccc3)C(=O)C24)cc1. The van der Waals surface area contributed by atoms with Crippen LogP contribution in [0.25, 0.3) is 0 Å². The summed E-state index contributed by atoms with van der Waals surface area (Å²) in [4.78, 5) is 28.8. The van der Waals surface area contributed by atoms with E-state index in [1.807, 2.05) is 54.6 Å². The van der Waals surface area contributed by atoms with Crippen LogP contribution in [0.4, 0.5) is 0 Å². The van der Waals surface area contributed by atoms with E-state index in [9.17, 15) is 9.59 Å². The minimum absolute atomic E-state index is 0.00221. The summed E-state index contributed by atoms with van der Waals surface area (Å²) < 4.78 is 0. The highest BCUT2D eigenvalue weighted by atomic mass is 16.2. The Labute approximate surface area is 171 Å². The monoisotopic (exact) mass is 384 g/mol. The van der Waals surface area contributed by atoms with Gasteiger partial charge in [0, 0.05) is 0 Å². The van der Waals surface area contributed by atoms with Crippen LogP contribution in [-0.4, -0.2) is 16.7 Å². The molecule has 1 saturated heterocycles. The number of imide groups is 1. The largest absolute Gasteiger partial charge is 0.277 e. The lowest BCUT2D eigenvalue weighted by molar-refractivity contribution is -0.144. The fourth-order valence-electron chi connectivity index (χ4n) is 6.18. The molecular weight excluding hydrogens is 360 g/mol. The maximum Gasteiger partial charge on any atom is 0.236 e. The maximum atomic E-state index is 13.7. The average molecular weight is 384 g/mol. The van der Waals surface area contributed by atoms with Gasteiger partial charge in [0.25, 0.3) is 0 Å². The zero-order chi connectivity index (χ0) is 20.0. The molecule has 2 aliphatic carbocycles. The van der Waals surface area contributed by atoms with E-state index in [1.165, 1.54) is 4.90 Å². The molecule has 3 fully saturated rings. The summed E-state index contributed by atoms with van der Waals surface area (Å²) in [6.45, 7) is 0.365. The fourth-order valence-corrected chi connectivity index (χ4v) is 6.18. The number of nitriles is 1. The van der Waals surface area contributed by atoms with Crippen LogP contribution in [0.15, 0.2) is 54.6 Å². The van der Waals surface area contributed by atoms with Crippen LogP contribution in [0.2, 0.25) is 0 Å². The Hall–Kier alpha value is -2.93. The summed E-state index contributed by atoms with van der Waals surface area (Å²) in [6, 6.07) is 19.6. The molecule has 2 amide bonds. The first-order chi connectivity index (χ1) is 14.1. The van der Waals surface area contributed by atoms with E-state index in [-0.39, 0.29) is 29.6 Å². The molecule has 2 aromatic carbocycles. The predicted molar refractivity (Wildman–Crippen MR) is 108 cm³/mol. The van der Waals surface area contributed by atoms with Crippen molar-refractivity contribution < 1.29 is 9.59 Å². The second kappa shape index (κ2) is 6.84. The quantitative estimate of drug-likeness (QED) is 0.737. The lowest BCUT2D eigenvalue weighted by Gasteiger charge is -2.36. The average Bonchev–Trinajstić information content (AvgIpc) is 3.22. The topological polar surface area (TPSA) is 61.2 Å². The molecule has 146 valence electrons. The molecule has 5 rings (SSSR count). The van der Waals surface area contributed by atoms with Crippen LogP contribution < -0.4 is 0 Å². The maximum absolute atomic E-state index is 13.7. The fraction of sp³-hybridized carbons (Fsp3) is 0.400. The highest BCUT2D eigenvalue weighted by Crippen LogP contribution is 2.64. The number of carbonyl (C=O) groups is 2. The van der Waals surface area contributed by atoms with Crippen molar-refractivity contribution in [1.29, 1.82) is 5.26 Å². The van der Waals surface area contributed by atoms with Crippen molar-refractivity contribution >= 4 is 11.8 Å². The van der Waals surface area contributed by atoms with E-state index in [4.69, 9.17) is 5.26 Å². The van der Waals surface area contributed by atoms with Crippen molar-refractivity contribution in [3.8, 4) is 6.07 Å². The summed E-state index contributed by atoms with van der Waals surface area (Å²) >= 11 is 0.